The third-order valence-electron chi connectivity index (χ3n) is 2.57. The lowest BCUT2D eigenvalue weighted by Gasteiger charge is -2.16. The molecule has 0 aliphatic carbocycles. The van der Waals surface area contributed by atoms with Gasteiger partial charge in [-0.1, -0.05) is 38.1 Å². The number of benzene rings is 1. The van der Waals surface area contributed by atoms with Crippen LogP contribution in [0.5, 0.6) is 0 Å². The first-order valence-corrected chi connectivity index (χ1v) is 5.71. The fourth-order valence-corrected chi connectivity index (χ4v) is 1.72. The number of nitrogens with two attached hydrogens (primary N) is 1. The minimum Gasteiger partial charge on any atom is -0.480 e. The van der Waals surface area contributed by atoms with Crippen LogP contribution in [-0.4, -0.2) is 17.1 Å². The molecule has 4 heteroatoms. The van der Waals surface area contributed by atoms with E-state index in [1.165, 1.54) is 5.56 Å². The second-order valence-electron chi connectivity index (χ2n) is 4.13. The van der Waals surface area contributed by atoms with Crippen molar-refractivity contribution in [3.8, 4) is 0 Å². The van der Waals surface area contributed by atoms with Crippen molar-refractivity contribution in [3.63, 3.8) is 0 Å². The summed E-state index contributed by atoms with van der Waals surface area (Å²) in [5.74, 6) is -0.575. The van der Waals surface area contributed by atoms with Crippen molar-refractivity contribution in [2.45, 2.75) is 31.1 Å². The average molecular weight is 239 g/mol. The van der Waals surface area contributed by atoms with Crippen LogP contribution in [-0.2, 0) is 4.79 Å². The Morgan fingerprint density at radius 2 is 1.69 bits per heavy atom. The van der Waals surface area contributed by atoms with E-state index in [-0.39, 0.29) is 0 Å². The van der Waals surface area contributed by atoms with Crippen molar-refractivity contribution in [2.24, 2.45) is 5.73 Å². The predicted octanol–water partition coefficient (Wildman–Crippen LogP) is 2.19. The quantitative estimate of drug-likeness (QED) is 0.706. The van der Waals surface area contributed by atoms with Gasteiger partial charge in [-0.3, -0.25) is 4.79 Å². The van der Waals surface area contributed by atoms with Crippen LogP contribution in [0.3, 0.4) is 0 Å². The molecular formula is C12H17NO2S. The molecular weight excluding hydrogens is 222 g/mol. The summed E-state index contributed by atoms with van der Waals surface area (Å²) in [5.41, 5.74) is 7.57. The van der Waals surface area contributed by atoms with Crippen LogP contribution in [0.15, 0.2) is 24.3 Å². The van der Waals surface area contributed by atoms with Gasteiger partial charge in [0.2, 0.25) is 0 Å². The normalized spacial score (nSPS) is 14.8. The standard InChI is InChI=1S/C12H17NO2S/c1-7(2)8-3-5-9(6-4-8)11(16)10(13)12(14)15/h3-7,10-11,16H,13H2,1-2H3,(H,14,15). The van der Waals surface area contributed by atoms with Gasteiger partial charge in [0.25, 0.3) is 0 Å². The van der Waals surface area contributed by atoms with Gasteiger partial charge in [0.15, 0.2) is 0 Å². The smallest absolute Gasteiger partial charge is 0.321 e. The van der Waals surface area contributed by atoms with Gasteiger partial charge in [-0.05, 0) is 17.0 Å². The highest BCUT2D eigenvalue weighted by molar-refractivity contribution is 7.80. The molecule has 0 radical (unpaired) electrons. The van der Waals surface area contributed by atoms with Gasteiger partial charge >= 0.3 is 5.97 Å². The third kappa shape index (κ3) is 3.00. The third-order valence-corrected chi connectivity index (χ3v) is 3.19. The number of aliphatic carboxylic acids is 1. The lowest BCUT2D eigenvalue weighted by molar-refractivity contribution is -0.138. The molecule has 1 rings (SSSR count). The van der Waals surface area contributed by atoms with Gasteiger partial charge in [-0.15, -0.1) is 0 Å². The Morgan fingerprint density at radius 3 is 2.06 bits per heavy atom. The molecule has 3 nitrogen and oxygen atoms in total. The molecule has 0 saturated carbocycles. The number of hydrogen-bond acceptors (Lipinski definition) is 3. The SMILES string of the molecule is CC(C)c1ccc(C(S)C(N)C(=O)O)cc1. The van der Waals surface area contributed by atoms with Gasteiger partial charge in [-0.25, -0.2) is 0 Å². The van der Waals surface area contributed by atoms with E-state index in [9.17, 15) is 4.79 Å². The molecule has 88 valence electrons. The van der Waals surface area contributed by atoms with Crippen molar-refractivity contribution in [1.29, 1.82) is 0 Å². The molecule has 0 bridgehead atoms. The maximum absolute atomic E-state index is 10.7. The fraction of sp³-hybridized carbons (Fsp3) is 0.417. The number of carbonyl (C=O) groups is 1. The molecule has 3 N–H and O–H groups in total. The molecule has 1 aromatic rings. The first-order chi connectivity index (χ1) is 7.43. The van der Waals surface area contributed by atoms with E-state index in [0.717, 1.165) is 5.56 Å². The fourth-order valence-electron chi connectivity index (χ4n) is 1.42. The molecule has 0 spiro atoms. The van der Waals surface area contributed by atoms with E-state index in [2.05, 4.69) is 26.5 Å². The average Bonchev–Trinajstić information content (AvgIpc) is 2.27. The van der Waals surface area contributed by atoms with Crippen molar-refractivity contribution in [2.75, 3.05) is 0 Å². The largest absolute Gasteiger partial charge is 0.480 e. The summed E-state index contributed by atoms with van der Waals surface area (Å²) in [7, 11) is 0. The Hall–Kier alpha value is -1.00. The highest BCUT2D eigenvalue weighted by atomic mass is 32.1. The Labute approximate surface area is 101 Å². The summed E-state index contributed by atoms with van der Waals surface area (Å²) >= 11 is 4.23. The van der Waals surface area contributed by atoms with Crippen LogP contribution in [0.1, 0.15) is 36.1 Å². The highest BCUT2D eigenvalue weighted by Gasteiger charge is 2.22. The summed E-state index contributed by atoms with van der Waals surface area (Å²) in [6, 6.07) is 6.76. The number of rotatable bonds is 4. The Morgan fingerprint density at radius 1 is 1.25 bits per heavy atom. The van der Waals surface area contributed by atoms with E-state index >= 15 is 0 Å². The summed E-state index contributed by atoms with van der Waals surface area (Å²) in [5, 5.41) is 8.31. The second kappa shape index (κ2) is 5.37. The summed E-state index contributed by atoms with van der Waals surface area (Å²) in [4.78, 5) is 10.7. The zero-order valence-corrected chi connectivity index (χ0v) is 10.3. The molecule has 16 heavy (non-hydrogen) atoms. The molecule has 2 unspecified atom stereocenters. The van der Waals surface area contributed by atoms with Gasteiger partial charge < -0.3 is 10.8 Å². The minimum atomic E-state index is -1.03. The first kappa shape index (κ1) is 13.1. The zero-order valence-electron chi connectivity index (χ0n) is 9.42. The van der Waals surface area contributed by atoms with Gasteiger partial charge in [0, 0.05) is 0 Å². The minimum absolute atomic E-state index is 0.459. The number of thiol groups is 1. The topological polar surface area (TPSA) is 63.3 Å². The number of carboxylic acid groups (broad SMARTS) is 1. The van der Waals surface area contributed by atoms with Crippen LogP contribution >= 0.6 is 12.6 Å². The molecule has 0 saturated heterocycles. The van der Waals surface area contributed by atoms with E-state index in [0.29, 0.717) is 5.92 Å². The van der Waals surface area contributed by atoms with Crippen LogP contribution in [0.25, 0.3) is 0 Å². The van der Waals surface area contributed by atoms with Gasteiger partial charge in [-0.2, -0.15) is 12.6 Å². The van der Waals surface area contributed by atoms with E-state index in [4.69, 9.17) is 10.8 Å². The van der Waals surface area contributed by atoms with Crippen LogP contribution in [0.2, 0.25) is 0 Å². The Bertz CT molecular complexity index is 362. The molecule has 0 heterocycles. The lowest BCUT2D eigenvalue weighted by atomic mass is 9.99. The molecule has 1 aromatic carbocycles. The zero-order chi connectivity index (χ0) is 12.3. The van der Waals surface area contributed by atoms with Gasteiger partial charge in [0.05, 0.1) is 5.25 Å². The molecule has 0 aliphatic rings. The van der Waals surface area contributed by atoms with Crippen LogP contribution in [0, 0.1) is 0 Å². The monoisotopic (exact) mass is 239 g/mol. The summed E-state index contributed by atoms with van der Waals surface area (Å²) < 4.78 is 0. The van der Waals surface area contributed by atoms with Crippen molar-refractivity contribution in [1.82, 2.24) is 0 Å². The number of carboxylic acids is 1. The van der Waals surface area contributed by atoms with Crippen LogP contribution < -0.4 is 5.73 Å². The molecule has 0 aromatic heterocycles. The first-order valence-electron chi connectivity index (χ1n) is 5.19. The predicted molar refractivity (Wildman–Crippen MR) is 67.9 cm³/mol. The van der Waals surface area contributed by atoms with E-state index in [1.807, 2.05) is 24.3 Å². The summed E-state index contributed by atoms with van der Waals surface area (Å²) in [6.07, 6.45) is 0. The lowest BCUT2D eigenvalue weighted by Crippen LogP contribution is -2.34. The van der Waals surface area contributed by atoms with E-state index in [1.54, 1.807) is 0 Å². The van der Waals surface area contributed by atoms with E-state index < -0.39 is 17.3 Å². The van der Waals surface area contributed by atoms with Crippen molar-refractivity contribution in [3.05, 3.63) is 35.4 Å². The van der Waals surface area contributed by atoms with Crippen molar-refractivity contribution < 1.29 is 9.90 Å². The van der Waals surface area contributed by atoms with Crippen molar-refractivity contribution >= 4 is 18.6 Å². The summed E-state index contributed by atoms with van der Waals surface area (Å²) in [6.45, 7) is 4.21. The van der Waals surface area contributed by atoms with Gasteiger partial charge in [0.1, 0.15) is 6.04 Å². The number of hydrogen-bond donors (Lipinski definition) is 3. The molecule has 2 atom stereocenters. The Kier molecular flexibility index (Phi) is 4.38. The highest BCUT2D eigenvalue weighted by Crippen LogP contribution is 2.24. The maximum atomic E-state index is 10.7. The maximum Gasteiger partial charge on any atom is 0.321 e. The molecule has 0 aliphatic heterocycles. The Balaban J connectivity index is 2.85. The second-order valence-corrected chi connectivity index (χ2v) is 4.69. The molecule has 0 amide bonds. The van der Waals surface area contributed by atoms with Crippen LogP contribution in [0.4, 0.5) is 0 Å². The molecule has 0 fully saturated rings.